The highest BCUT2D eigenvalue weighted by Crippen LogP contribution is 2.40. The maximum atomic E-state index is 6.02. The predicted octanol–water partition coefficient (Wildman–Crippen LogP) is 3.42. The topological polar surface area (TPSA) is 18.5 Å². The van der Waals surface area contributed by atoms with Gasteiger partial charge >= 0.3 is 0 Å². The highest BCUT2D eigenvalue weighted by atomic mass is 16.7. The van der Waals surface area contributed by atoms with Crippen molar-refractivity contribution >= 4 is 0 Å². The summed E-state index contributed by atoms with van der Waals surface area (Å²) in [6.45, 7) is 3.09. The Balaban J connectivity index is 1.73. The van der Waals surface area contributed by atoms with Crippen molar-refractivity contribution in [3.63, 3.8) is 0 Å². The Morgan fingerprint density at radius 1 is 1.33 bits per heavy atom. The van der Waals surface area contributed by atoms with Crippen molar-refractivity contribution in [2.24, 2.45) is 0 Å². The molecule has 0 bridgehead atoms. The Labute approximate surface area is 92.6 Å². The number of ether oxygens (including phenoxy) is 2. The van der Waals surface area contributed by atoms with Crippen LogP contribution in [0.4, 0.5) is 0 Å². The van der Waals surface area contributed by atoms with Crippen LogP contribution in [-0.2, 0) is 9.47 Å². The van der Waals surface area contributed by atoms with E-state index in [0.717, 1.165) is 32.3 Å². The first kappa shape index (κ1) is 11.2. The maximum Gasteiger partial charge on any atom is 0.168 e. The monoisotopic (exact) mass is 210 g/mol. The highest BCUT2D eigenvalue weighted by Gasteiger charge is 2.43. The second kappa shape index (κ2) is 5.13. The molecule has 2 heteroatoms. The smallest absolute Gasteiger partial charge is 0.168 e. The zero-order valence-corrected chi connectivity index (χ0v) is 9.71. The predicted molar refractivity (Wildman–Crippen MR) is 60.7 cm³/mol. The van der Waals surface area contributed by atoms with Crippen LogP contribution >= 0.6 is 0 Å². The lowest BCUT2D eigenvalue weighted by Crippen LogP contribution is -2.27. The summed E-state index contributed by atoms with van der Waals surface area (Å²) in [6.07, 6.45) is 12.9. The van der Waals surface area contributed by atoms with Gasteiger partial charge in [-0.1, -0.05) is 25.5 Å². The van der Waals surface area contributed by atoms with Crippen LogP contribution in [-0.4, -0.2) is 18.5 Å². The fraction of sp³-hybridized carbons (Fsp3) is 0.846. The molecule has 0 aromatic heterocycles. The molecule has 2 fully saturated rings. The molecule has 2 aliphatic heterocycles. The Morgan fingerprint density at radius 2 is 2.27 bits per heavy atom. The Morgan fingerprint density at radius 3 is 3.00 bits per heavy atom. The van der Waals surface area contributed by atoms with Gasteiger partial charge in [-0.15, -0.1) is 0 Å². The minimum atomic E-state index is -0.177. The summed E-state index contributed by atoms with van der Waals surface area (Å²) >= 11 is 0. The summed E-state index contributed by atoms with van der Waals surface area (Å²) in [7, 11) is 0. The van der Waals surface area contributed by atoms with E-state index in [4.69, 9.17) is 9.47 Å². The summed E-state index contributed by atoms with van der Waals surface area (Å²) in [5.74, 6) is -0.177. The van der Waals surface area contributed by atoms with Gasteiger partial charge in [0.1, 0.15) is 0 Å². The molecule has 2 atom stereocenters. The van der Waals surface area contributed by atoms with Crippen molar-refractivity contribution in [3.05, 3.63) is 12.2 Å². The third kappa shape index (κ3) is 2.82. The molecule has 0 N–H and O–H groups in total. The van der Waals surface area contributed by atoms with Crippen molar-refractivity contribution in [1.82, 2.24) is 0 Å². The van der Waals surface area contributed by atoms with Crippen molar-refractivity contribution in [2.75, 3.05) is 6.61 Å². The number of unbranched alkanes of at least 4 members (excludes halogenated alkanes) is 1. The van der Waals surface area contributed by atoms with Crippen LogP contribution in [0.1, 0.15) is 51.9 Å². The van der Waals surface area contributed by atoms with Crippen LogP contribution in [0, 0.1) is 0 Å². The Kier molecular flexibility index (Phi) is 3.81. The van der Waals surface area contributed by atoms with Crippen molar-refractivity contribution in [1.29, 1.82) is 0 Å². The van der Waals surface area contributed by atoms with Gasteiger partial charge in [-0.25, -0.2) is 0 Å². The highest BCUT2D eigenvalue weighted by molar-refractivity contribution is 4.90. The fourth-order valence-corrected chi connectivity index (χ4v) is 2.46. The van der Waals surface area contributed by atoms with E-state index >= 15 is 0 Å². The molecule has 2 nitrogen and oxygen atoms in total. The summed E-state index contributed by atoms with van der Waals surface area (Å²) in [6, 6.07) is 0. The van der Waals surface area contributed by atoms with Gasteiger partial charge in [0, 0.05) is 12.8 Å². The third-order valence-electron chi connectivity index (χ3n) is 3.32. The van der Waals surface area contributed by atoms with Gasteiger partial charge in [-0.05, 0) is 25.7 Å². The van der Waals surface area contributed by atoms with E-state index in [1.165, 1.54) is 19.3 Å². The van der Waals surface area contributed by atoms with Crippen LogP contribution in [0.25, 0.3) is 0 Å². The maximum absolute atomic E-state index is 6.02. The van der Waals surface area contributed by atoms with E-state index in [1.54, 1.807) is 0 Å². The summed E-state index contributed by atoms with van der Waals surface area (Å²) in [5, 5.41) is 0. The number of hydrogen-bond acceptors (Lipinski definition) is 2. The molecule has 2 rings (SSSR count). The Hall–Kier alpha value is -0.340. The quantitative estimate of drug-likeness (QED) is 0.662. The van der Waals surface area contributed by atoms with E-state index in [2.05, 4.69) is 19.1 Å². The first-order valence-electron chi connectivity index (χ1n) is 6.31. The summed E-state index contributed by atoms with van der Waals surface area (Å²) < 4.78 is 11.7. The van der Waals surface area contributed by atoms with Crippen LogP contribution in [0.2, 0.25) is 0 Å². The van der Waals surface area contributed by atoms with Crippen LogP contribution in [0.15, 0.2) is 12.2 Å². The molecule has 1 spiro atoms. The van der Waals surface area contributed by atoms with Gasteiger partial charge < -0.3 is 9.47 Å². The normalized spacial score (nSPS) is 35.9. The number of allylic oxidation sites excluding steroid dienone is 1. The largest absolute Gasteiger partial charge is 0.350 e. The lowest BCUT2D eigenvalue weighted by Gasteiger charge is -2.22. The lowest BCUT2D eigenvalue weighted by atomic mass is 10.1. The minimum absolute atomic E-state index is 0.177. The summed E-state index contributed by atoms with van der Waals surface area (Å²) in [4.78, 5) is 0. The third-order valence-corrected chi connectivity index (χ3v) is 3.32. The van der Waals surface area contributed by atoms with Crippen molar-refractivity contribution in [3.8, 4) is 0 Å². The van der Waals surface area contributed by atoms with E-state index in [9.17, 15) is 0 Å². The zero-order chi connectivity index (χ0) is 10.6. The molecule has 0 radical (unpaired) electrons. The molecule has 2 aliphatic rings. The van der Waals surface area contributed by atoms with Crippen molar-refractivity contribution < 1.29 is 9.47 Å². The number of rotatable bonds is 4. The molecule has 2 heterocycles. The molecule has 0 aliphatic carbocycles. The van der Waals surface area contributed by atoms with Crippen LogP contribution in [0.5, 0.6) is 0 Å². The second-order valence-electron chi connectivity index (χ2n) is 4.64. The Bertz CT molecular complexity index is 217. The van der Waals surface area contributed by atoms with Crippen LogP contribution in [0.3, 0.4) is 0 Å². The van der Waals surface area contributed by atoms with Gasteiger partial charge in [-0.3, -0.25) is 0 Å². The first-order valence-corrected chi connectivity index (χ1v) is 6.31. The van der Waals surface area contributed by atoms with E-state index < -0.39 is 0 Å². The molecule has 2 saturated heterocycles. The minimum Gasteiger partial charge on any atom is -0.350 e. The molecule has 0 saturated carbocycles. The van der Waals surface area contributed by atoms with Gasteiger partial charge in [0.2, 0.25) is 0 Å². The standard InChI is InChI=1S/C13H22O2/c1-2-3-4-5-7-12-8-10-13(15-12)9-6-11-14-13/h4-5,12H,2-3,6-11H2,1H3. The van der Waals surface area contributed by atoms with Crippen molar-refractivity contribution in [2.45, 2.75) is 63.8 Å². The lowest BCUT2D eigenvalue weighted by molar-refractivity contribution is -0.198. The molecule has 0 amide bonds. The number of hydrogen-bond donors (Lipinski definition) is 0. The zero-order valence-electron chi connectivity index (χ0n) is 9.71. The second-order valence-corrected chi connectivity index (χ2v) is 4.64. The molecular formula is C13H22O2. The molecule has 86 valence electrons. The molecule has 0 aromatic carbocycles. The van der Waals surface area contributed by atoms with Gasteiger partial charge in [0.25, 0.3) is 0 Å². The van der Waals surface area contributed by atoms with Gasteiger partial charge in [0.15, 0.2) is 5.79 Å². The molecule has 2 unspecified atom stereocenters. The van der Waals surface area contributed by atoms with Gasteiger partial charge in [0.05, 0.1) is 12.7 Å². The molecule has 15 heavy (non-hydrogen) atoms. The van der Waals surface area contributed by atoms with E-state index in [1.807, 2.05) is 0 Å². The van der Waals surface area contributed by atoms with Crippen LogP contribution < -0.4 is 0 Å². The SMILES string of the molecule is CCCC=CCC1CCC2(CCCO2)O1. The average Bonchev–Trinajstić information content (AvgIpc) is 2.85. The molecule has 0 aromatic rings. The van der Waals surface area contributed by atoms with E-state index in [-0.39, 0.29) is 5.79 Å². The first-order chi connectivity index (χ1) is 7.35. The average molecular weight is 210 g/mol. The fourth-order valence-electron chi connectivity index (χ4n) is 2.46. The van der Waals surface area contributed by atoms with E-state index in [0.29, 0.717) is 6.10 Å². The van der Waals surface area contributed by atoms with Gasteiger partial charge in [-0.2, -0.15) is 0 Å². The molecular weight excluding hydrogens is 188 g/mol. The summed E-state index contributed by atoms with van der Waals surface area (Å²) in [5.41, 5.74) is 0.